The normalized spacial score (nSPS) is 12.7. The second-order valence-electron chi connectivity index (χ2n) is 9.70. The number of anilines is 1. The Morgan fingerprint density at radius 3 is 2.26 bits per heavy atom. The number of rotatable bonds is 13. The Labute approximate surface area is 233 Å². The predicted octanol–water partition coefficient (Wildman–Crippen LogP) is 5.48. The Hall–Kier alpha value is -2.79. The van der Waals surface area contributed by atoms with Gasteiger partial charge in [0.2, 0.25) is 21.8 Å². The Morgan fingerprint density at radius 2 is 1.72 bits per heavy atom. The van der Waals surface area contributed by atoms with Gasteiger partial charge in [0.1, 0.15) is 6.04 Å². The molecule has 1 atom stereocenters. The van der Waals surface area contributed by atoms with Gasteiger partial charge in [0, 0.05) is 31.1 Å². The fourth-order valence-corrected chi connectivity index (χ4v) is 5.05. The van der Waals surface area contributed by atoms with Crippen molar-refractivity contribution in [3.05, 3.63) is 64.7 Å². The van der Waals surface area contributed by atoms with E-state index in [4.69, 9.17) is 11.6 Å². The van der Waals surface area contributed by atoms with Gasteiger partial charge in [-0.2, -0.15) is 13.2 Å². The molecule has 12 heteroatoms. The van der Waals surface area contributed by atoms with Gasteiger partial charge in [-0.05, 0) is 54.7 Å². The molecule has 0 radical (unpaired) electrons. The van der Waals surface area contributed by atoms with E-state index in [1.54, 1.807) is 31.2 Å². The minimum Gasteiger partial charge on any atom is -0.354 e. The van der Waals surface area contributed by atoms with Crippen LogP contribution in [0.3, 0.4) is 0 Å². The summed E-state index contributed by atoms with van der Waals surface area (Å²) in [5.74, 6) is -0.464. The third-order valence-corrected chi connectivity index (χ3v) is 7.40. The lowest BCUT2D eigenvalue weighted by Gasteiger charge is -2.31. The van der Waals surface area contributed by atoms with Crippen molar-refractivity contribution in [2.75, 3.05) is 23.7 Å². The maximum Gasteiger partial charge on any atom is 0.416 e. The van der Waals surface area contributed by atoms with Crippen LogP contribution in [0.25, 0.3) is 0 Å². The third-order valence-electron chi connectivity index (χ3n) is 5.95. The van der Waals surface area contributed by atoms with Gasteiger partial charge in [-0.1, -0.05) is 50.6 Å². The number of hydrogen-bond acceptors (Lipinski definition) is 4. The zero-order valence-electron chi connectivity index (χ0n) is 22.5. The highest BCUT2D eigenvalue weighted by molar-refractivity contribution is 7.92. The van der Waals surface area contributed by atoms with Crippen molar-refractivity contribution >= 4 is 39.1 Å². The van der Waals surface area contributed by atoms with Gasteiger partial charge in [-0.15, -0.1) is 0 Å². The topological polar surface area (TPSA) is 86.8 Å². The highest BCUT2D eigenvalue weighted by Crippen LogP contribution is 2.32. The van der Waals surface area contributed by atoms with Crippen molar-refractivity contribution in [1.82, 2.24) is 10.2 Å². The van der Waals surface area contributed by atoms with Gasteiger partial charge in [0.25, 0.3) is 0 Å². The van der Waals surface area contributed by atoms with E-state index in [0.29, 0.717) is 18.0 Å². The molecule has 2 aromatic carbocycles. The molecular formula is C27H35ClF3N3O4S. The smallest absolute Gasteiger partial charge is 0.354 e. The van der Waals surface area contributed by atoms with Crippen LogP contribution in [0.1, 0.15) is 51.2 Å². The number of alkyl halides is 3. The van der Waals surface area contributed by atoms with Crippen molar-refractivity contribution in [3.63, 3.8) is 0 Å². The fraction of sp³-hybridized carbons (Fsp3) is 0.481. The summed E-state index contributed by atoms with van der Waals surface area (Å²) in [6.07, 6.45) is -3.48. The van der Waals surface area contributed by atoms with Crippen molar-refractivity contribution < 1.29 is 31.2 Å². The number of hydrogen-bond donors (Lipinski definition) is 1. The van der Waals surface area contributed by atoms with Crippen LogP contribution in [0, 0.1) is 5.92 Å². The monoisotopic (exact) mass is 589 g/mol. The molecule has 0 spiro atoms. The second-order valence-corrected chi connectivity index (χ2v) is 12.0. The second kappa shape index (κ2) is 14.0. The number of halogens is 4. The summed E-state index contributed by atoms with van der Waals surface area (Å²) in [5.41, 5.74) is -0.362. The van der Waals surface area contributed by atoms with Crippen molar-refractivity contribution in [3.8, 4) is 0 Å². The van der Waals surface area contributed by atoms with Crippen molar-refractivity contribution in [1.29, 1.82) is 0 Å². The molecule has 2 aromatic rings. The van der Waals surface area contributed by atoms with Crippen LogP contribution < -0.4 is 9.62 Å². The first kappa shape index (κ1) is 32.4. The SMILES string of the molecule is CCC(C(=O)NCC(C)C)N(Cc1ccc(Cl)cc1)C(=O)CCCN(c1cccc(C(F)(F)F)c1)S(C)(=O)=O. The van der Waals surface area contributed by atoms with E-state index < -0.39 is 27.8 Å². The number of sulfonamides is 1. The number of nitrogens with one attached hydrogen (secondary N) is 1. The standard InChI is InChI=1S/C27H35ClF3N3O4S/c1-5-24(26(36)32-17-19(2)3)33(18-20-11-13-22(28)14-12-20)25(35)10-7-15-34(39(4,37)38)23-9-6-8-21(16-23)27(29,30)31/h6,8-9,11-14,16,19,24H,5,7,10,15,17-18H2,1-4H3,(H,32,36). The summed E-state index contributed by atoms with van der Waals surface area (Å²) in [4.78, 5) is 27.8. The van der Waals surface area contributed by atoms with Crippen molar-refractivity contribution in [2.45, 2.75) is 58.8 Å². The number of amides is 2. The van der Waals surface area contributed by atoms with Gasteiger partial charge in [-0.3, -0.25) is 13.9 Å². The summed E-state index contributed by atoms with van der Waals surface area (Å²) in [6.45, 7) is 6.06. The first-order valence-corrected chi connectivity index (χ1v) is 14.8. The van der Waals surface area contributed by atoms with Crippen LogP contribution in [0.15, 0.2) is 48.5 Å². The van der Waals surface area contributed by atoms with E-state index in [1.165, 1.54) is 11.0 Å². The molecule has 2 rings (SSSR count). The average Bonchev–Trinajstić information content (AvgIpc) is 2.85. The molecule has 216 valence electrons. The lowest BCUT2D eigenvalue weighted by Crippen LogP contribution is -2.49. The summed E-state index contributed by atoms with van der Waals surface area (Å²) in [5, 5.41) is 3.39. The largest absolute Gasteiger partial charge is 0.416 e. The van der Waals surface area contributed by atoms with E-state index >= 15 is 0 Å². The van der Waals surface area contributed by atoms with Crippen LogP contribution in [0.2, 0.25) is 5.02 Å². The number of carbonyl (C=O) groups excluding carboxylic acids is 2. The van der Waals surface area contributed by atoms with Crippen LogP contribution in [-0.4, -0.2) is 50.5 Å². The molecule has 0 aliphatic carbocycles. The highest BCUT2D eigenvalue weighted by atomic mass is 35.5. The van der Waals surface area contributed by atoms with E-state index in [2.05, 4.69) is 5.32 Å². The van der Waals surface area contributed by atoms with Gasteiger partial charge >= 0.3 is 6.18 Å². The van der Waals surface area contributed by atoms with Crippen LogP contribution >= 0.6 is 11.6 Å². The minimum absolute atomic E-state index is 0.0311. The molecule has 0 bridgehead atoms. The van der Waals surface area contributed by atoms with E-state index in [0.717, 1.165) is 34.3 Å². The van der Waals surface area contributed by atoms with Crippen molar-refractivity contribution in [2.24, 2.45) is 5.92 Å². The number of benzene rings is 2. The molecule has 0 saturated carbocycles. The van der Waals surface area contributed by atoms with Crippen LogP contribution in [0.4, 0.5) is 18.9 Å². The molecule has 0 aromatic heterocycles. The molecule has 0 heterocycles. The third kappa shape index (κ3) is 10.0. The zero-order valence-corrected chi connectivity index (χ0v) is 24.0. The molecule has 7 nitrogen and oxygen atoms in total. The maximum absolute atomic E-state index is 13.4. The zero-order chi connectivity index (χ0) is 29.4. The molecular weight excluding hydrogens is 555 g/mol. The molecule has 0 saturated heterocycles. The summed E-state index contributed by atoms with van der Waals surface area (Å²) < 4.78 is 65.3. The number of carbonyl (C=O) groups is 2. The van der Waals surface area contributed by atoms with Gasteiger partial charge in [-0.25, -0.2) is 8.42 Å². The Balaban J connectivity index is 2.25. The first-order valence-electron chi connectivity index (χ1n) is 12.6. The van der Waals surface area contributed by atoms with E-state index in [-0.39, 0.29) is 49.4 Å². The van der Waals surface area contributed by atoms with Gasteiger partial charge < -0.3 is 10.2 Å². The minimum atomic E-state index is -4.64. The van der Waals surface area contributed by atoms with E-state index in [9.17, 15) is 31.2 Å². The molecule has 0 fully saturated rings. The van der Waals surface area contributed by atoms with Gasteiger partial charge in [0.05, 0.1) is 17.5 Å². The quantitative estimate of drug-likeness (QED) is 0.335. The van der Waals surface area contributed by atoms with Gasteiger partial charge in [0.15, 0.2) is 0 Å². The molecule has 0 aliphatic rings. The summed E-state index contributed by atoms with van der Waals surface area (Å²) >= 11 is 5.98. The number of nitrogens with zero attached hydrogens (tertiary/aromatic N) is 2. The highest BCUT2D eigenvalue weighted by Gasteiger charge is 2.32. The first-order chi connectivity index (χ1) is 18.1. The molecule has 39 heavy (non-hydrogen) atoms. The molecule has 1 unspecified atom stereocenters. The van der Waals surface area contributed by atoms with Crippen LogP contribution in [0.5, 0.6) is 0 Å². The molecule has 2 amide bonds. The Morgan fingerprint density at radius 1 is 1.08 bits per heavy atom. The lowest BCUT2D eigenvalue weighted by molar-refractivity contribution is -0.141. The molecule has 1 N–H and O–H groups in total. The average molecular weight is 590 g/mol. The Bertz CT molecular complexity index is 1220. The fourth-order valence-electron chi connectivity index (χ4n) is 3.97. The predicted molar refractivity (Wildman–Crippen MR) is 147 cm³/mol. The van der Waals surface area contributed by atoms with E-state index in [1.807, 2.05) is 13.8 Å². The summed E-state index contributed by atoms with van der Waals surface area (Å²) in [7, 11) is -3.94. The maximum atomic E-state index is 13.4. The van der Waals surface area contributed by atoms with Crippen LogP contribution in [-0.2, 0) is 32.3 Å². The summed E-state index contributed by atoms with van der Waals surface area (Å²) in [6, 6.07) is 10.1. The molecule has 0 aliphatic heterocycles. The Kier molecular flexibility index (Phi) is 11.7. The lowest BCUT2D eigenvalue weighted by atomic mass is 10.1.